The summed E-state index contributed by atoms with van der Waals surface area (Å²) in [5.74, 6) is -2.55. The maximum absolute atomic E-state index is 13.9. The number of morpholine rings is 1. The number of nitrogens with one attached hydrogen (secondary N) is 1. The summed E-state index contributed by atoms with van der Waals surface area (Å²) in [7, 11) is -3.81. The number of nitriles is 1. The van der Waals surface area contributed by atoms with Crippen LogP contribution in [0, 0.1) is 23.0 Å². The first-order valence-electron chi connectivity index (χ1n) is 8.66. The van der Waals surface area contributed by atoms with E-state index in [0.717, 1.165) is 12.1 Å². The van der Waals surface area contributed by atoms with Crippen molar-refractivity contribution in [3.8, 4) is 6.07 Å². The Morgan fingerprint density at radius 3 is 2.55 bits per heavy atom. The Balaban J connectivity index is 1.82. The van der Waals surface area contributed by atoms with Gasteiger partial charge >= 0.3 is 0 Å². The van der Waals surface area contributed by atoms with Crippen LogP contribution >= 0.6 is 0 Å². The molecule has 2 aromatic carbocycles. The first-order valence-corrected chi connectivity index (χ1v) is 10.1. The molecule has 1 N–H and O–H groups in total. The summed E-state index contributed by atoms with van der Waals surface area (Å²) in [6, 6.07) is 8.36. The number of sulfonamides is 1. The van der Waals surface area contributed by atoms with Gasteiger partial charge in [-0.25, -0.2) is 17.2 Å². The standard InChI is InChI=1S/C19H17F2N3O4S/c20-14-4-5-16(17(21)11-14)18(12-22)23-19(25)13-2-1-3-15(10-13)29(26,27)24-6-8-28-9-7-24/h1-5,10-11,18H,6-9H2,(H,23,25). The Kier molecular flexibility index (Phi) is 6.22. The third kappa shape index (κ3) is 4.59. The molecule has 3 rings (SSSR count). The molecule has 0 bridgehead atoms. The summed E-state index contributed by atoms with van der Waals surface area (Å²) in [6.07, 6.45) is 0. The van der Waals surface area contributed by atoms with Gasteiger partial charge in [-0.15, -0.1) is 0 Å². The van der Waals surface area contributed by atoms with Crippen molar-refractivity contribution in [3.05, 3.63) is 65.2 Å². The molecule has 0 aromatic heterocycles. The van der Waals surface area contributed by atoms with E-state index in [1.54, 1.807) is 6.07 Å². The van der Waals surface area contributed by atoms with Gasteiger partial charge in [-0.05, 0) is 24.3 Å². The molecule has 29 heavy (non-hydrogen) atoms. The molecular formula is C19H17F2N3O4S. The number of hydrogen-bond acceptors (Lipinski definition) is 5. The van der Waals surface area contributed by atoms with Crippen LogP contribution in [-0.2, 0) is 14.8 Å². The van der Waals surface area contributed by atoms with E-state index in [2.05, 4.69) is 5.32 Å². The predicted molar refractivity (Wildman–Crippen MR) is 98.2 cm³/mol. The number of carbonyl (C=O) groups excluding carboxylic acids is 1. The highest BCUT2D eigenvalue weighted by molar-refractivity contribution is 7.89. The summed E-state index contributed by atoms with van der Waals surface area (Å²) in [4.78, 5) is 12.5. The number of halogens is 2. The van der Waals surface area contributed by atoms with Crippen LogP contribution in [0.3, 0.4) is 0 Å². The van der Waals surface area contributed by atoms with Crippen LogP contribution in [0.25, 0.3) is 0 Å². The van der Waals surface area contributed by atoms with Gasteiger partial charge in [0.2, 0.25) is 10.0 Å². The Hall–Kier alpha value is -2.87. The van der Waals surface area contributed by atoms with Crippen LogP contribution in [0.15, 0.2) is 47.4 Å². The smallest absolute Gasteiger partial charge is 0.252 e. The molecule has 1 aliphatic rings. The fourth-order valence-electron chi connectivity index (χ4n) is 2.86. The average molecular weight is 421 g/mol. The van der Waals surface area contributed by atoms with E-state index in [9.17, 15) is 27.3 Å². The van der Waals surface area contributed by atoms with Crippen LogP contribution in [0.5, 0.6) is 0 Å². The zero-order valence-electron chi connectivity index (χ0n) is 15.1. The second-order valence-electron chi connectivity index (χ2n) is 6.25. The summed E-state index contributed by atoms with van der Waals surface area (Å²) in [6.45, 7) is 0.983. The summed E-state index contributed by atoms with van der Waals surface area (Å²) in [5.41, 5.74) is -0.207. The van der Waals surface area contributed by atoms with E-state index in [-0.39, 0.29) is 42.3 Å². The van der Waals surface area contributed by atoms with Crippen molar-refractivity contribution >= 4 is 15.9 Å². The van der Waals surface area contributed by atoms with Gasteiger partial charge in [-0.3, -0.25) is 4.79 Å². The molecule has 1 fully saturated rings. The van der Waals surface area contributed by atoms with Crippen LogP contribution in [0.2, 0.25) is 0 Å². The molecule has 1 heterocycles. The lowest BCUT2D eigenvalue weighted by molar-refractivity contribution is 0.0730. The molecule has 152 valence electrons. The third-order valence-corrected chi connectivity index (χ3v) is 6.28. The molecule has 0 saturated carbocycles. The Morgan fingerprint density at radius 1 is 1.17 bits per heavy atom. The van der Waals surface area contributed by atoms with Crippen LogP contribution in [0.1, 0.15) is 22.0 Å². The molecule has 1 atom stereocenters. The second-order valence-corrected chi connectivity index (χ2v) is 8.18. The second kappa shape index (κ2) is 8.65. The van der Waals surface area contributed by atoms with Gasteiger partial charge in [0.15, 0.2) is 0 Å². The minimum Gasteiger partial charge on any atom is -0.379 e. The van der Waals surface area contributed by atoms with Gasteiger partial charge in [0.1, 0.15) is 17.7 Å². The van der Waals surface area contributed by atoms with Crippen LogP contribution in [-0.4, -0.2) is 44.9 Å². The van der Waals surface area contributed by atoms with Crippen molar-refractivity contribution in [2.24, 2.45) is 0 Å². The molecule has 0 radical (unpaired) electrons. The fraction of sp³-hybridized carbons (Fsp3) is 0.263. The lowest BCUT2D eigenvalue weighted by Crippen LogP contribution is -2.40. The quantitative estimate of drug-likeness (QED) is 0.796. The maximum Gasteiger partial charge on any atom is 0.252 e. The van der Waals surface area contributed by atoms with E-state index >= 15 is 0 Å². The minimum absolute atomic E-state index is 0.0119. The average Bonchev–Trinajstić information content (AvgIpc) is 2.73. The van der Waals surface area contributed by atoms with Gasteiger partial charge in [-0.2, -0.15) is 9.57 Å². The summed E-state index contributed by atoms with van der Waals surface area (Å²) in [5, 5.41) is 11.6. The van der Waals surface area contributed by atoms with Gasteiger partial charge in [0, 0.05) is 30.3 Å². The highest BCUT2D eigenvalue weighted by atomic mass is 32.2. The van der Waals surface area contributed by atoms with Crippen LogP contribution < -0.4 is 5.32 Å². The molecule has 0 aliphatic carbocycles. The molecule has 1 unspecified atom stereocenters. The normalized spacial score (nSPS) is 16.0. The molecule has 0 spiro atoms. The molecule has 1 amide bonds. The monoisotopic (exact) mass is 421 g/mol. The zero-order valence-corrected chi connectivity index (χ0v) is 16.0. The van der Waals surface area contributed by atoms with E-state index in [1.807, 2.05) is 0 Å². The largest absolute Gasteiger partial charge is 0.379 e. The van der Waals surface area contributed by atoms with Crippen molar-refractivity contribution in [2.45, 2.75) is 10.9 Å². The van der Waals surface area contributed by atoms with Crippen molar-refractivity contribution in [3.63, 3.8) is 0 Å². The van der Waals surface area contributed by atoms with Gasteiger partial charge in [0.05, 0.1) is 24.2 Å². The van der Waals surface area contributed by atoms with Crippen molar-refractivity contribution < 1.29 is 26.7 Å². The van der Waals surface area contributed by atoms with Gasteiger partial charge in [0.25, 0.3) is 5.91 Å². The van der Waals surface area contributed by atoms with E-state index < -0.39 is 33.6 Å². The number of amides is 1. The van der Waals surface area contributed by atoms with E-state index in [4.69, 9.17) is 4.74 Å². The van der Waals surface area contributed by atoms with Crippen LogP contribution in [0.4, 0.5) is 8.78 Å². The van der Waals surface area contributed by atoms with Gasteiger partial charge in [-0.1, -0.05) is 12.1 Å². The molecule has 1 saturated heterocycles. The molecular weight excluding hydrogens is 404 g/mol. The van der Waals surface area contributed by atoms with Crippen molar-refractivity contribution in [2.75, 3.05) is 26.3 Å². The predicted octanol–water partition coefficient (Wildman–Crippen LogP) is 1.98. The van der Waals surface area contributed by atoms with Gasteiger partial charge < -0.3 is 10.1 Å². The van der Waals surface area contributed by atoms with E-state index in [0.29, 0.717) is 6.07 Å². The molecule has 10 heteroatoms. The topological polar surface area (TPSA) is 99.5 Å². The molecule has 7 nitrogen and oxygen atoms in total. The number of hydrogen-bond donors (Lipinski definition) is 1. The lowest BCUT2D eigenvalue weighted by Gasteiger charge is -2.26. The van der Waals surface area contributed by atoms with E-state index in [1.165, 1.54) is 28.6 Å². The third-order valence-electron chi connectivity index (χ3n) is 4.38. The maximum atomic E-state index is 13.9. The first kappa shape index (κ1) is 20.9. The molecule has 1 aliphatic heterocycles. The minimum atomic E-state index is -3.81. The number of ether oxygens (including phenoxy) is 1. The Labute approximate surface area is 166 Å². The van der Waals surface area contributed by atoms with Crippen molar-refractivity contribution in [1.29, 1.82) is 5.26 Å². The highest BCUT2D eigenvalue weighted by Crippen LogP contribution is 2.21. The number of nitrogens with zero attached hydrogens (tertiary/aromatic N) is 2. The summed E-state index contributed by atoms with van der Waals surface area (Å²) < 4.78 is 58.9. The molecule has 2 aromatic rings. The zero-order chi connectivity index (χ0) is 21.0. The Morgan fingerprint density at radius 2 is 1.90 bits per heavy atom. The Bertz CT molecular complexity index is 1060. The van der Waals surface area contributed by atoms with Crippen molar-refractivity contribution in [1.82, 2.24) is 9.62 Å². The number of carbonyl (C=O) groups is 1. The lowest BCUT2D eigenvalue weighted by atomic mass is 10.1. The fourth-order valence-corrected chi connectivity index (χ4v) is 4.32. The number of benzene rings is 2. The summed E-state index contributed by atoms with van der Waals surface area (Å²) >= 11 is 0. The first-order chi connectivity index (χ1) is 13.8. The highest BCUT2D eigenvalue weighted by Gasteiger charge is 2.27. The SMILES string of the molecule is N#CC(NC(=O)c1cccc(S(=O)(=O)N2CCOCC2)c1)c1ccc(F)cc1F. The number of rotatable bonds is 5.